The van der Waals surface area contributed by atoms with E-state index in [1.54, 1.807) is 48.5 Å². The Hall–Kier alpha value is -2.62. The van der Waals surface area contributed by atoms with Crippen molar-refractivity contribution < 1.29 is 19.1 Å². The largest absolute Gasteiger partial charge is 0.491 e. The van der Waals surface area contributed by atoms with Gasteiger partial charge in [0.2, 0.25) is 0 Å². The van der Waals surface area contributed by atoms with Crippen molar-refractivity contribution in [1.82, 2.24) is 0 Å². The first-order valence-electron chi connectivity index (χ1n) is 7.61. The summed E-state index contributed by atoms with van der Waals surface area (Å²) in [6.07, 6.45) is 0.529. The third-order valence-corrected chi connectivity index (χ3v) is 3.17. The molecule has 120 valence electrons. The molecular formula is C19H20O4. The first kappa shape index (κ1) is 16.7. The maximum atomic E-state index is 12.1. The van der Waals surface area contributed by atoms with E-state index < -0.39 is 5.97 Å². The Bertz CT molecular complexity index is 670. The zero-order valence-corrected chi connectivity index (χ0v) is 13.5. The molecule has 0 radical (unpaired) electrons. The number of hydrogen-bond donors (Lipinski definition) is 0. The molecule has 0 fully saturated rings. The van der Waals surface area contributed by atoms with Crippen LogP contribution < -0.4 is 9.47 Å². The first-order chi connectivity index (χ1) is 11.0. The van der Waals surface area contributed by atoms with Crippen LogP contribution in [0, 0.1) is 0 Å². The number of ketones is 1. The number of rotatable bonds is 6. The maximum absolute atomic E-state index is 12.1. The Labute approximate surface area is 136 Å². The number of Topliss-reactive ketones (excluding diaryl/α,β-unsaturated/α-hetero) is 1. The van der Waals surface area contributed by atoms with Gasteiger partial charge in [0.25, 0.3) is 0 Å². The van der Waals surface area contributed by atoms with Crippen LogP contribution in [0.25, 0.3) is 0 Å². The second kappa shape index (κ2) is 7.58. The van der Waals surface area contributed by atoms with Gasteiger partial charge in [-0.05, 0) is 62.4 Å². The zero-order chi connectivity index (χ0) is 16.8. The Morgan fingerprint density at radius 1 is 0.870 bits per heavy atom. The van der Waals surface area contributed by atoms with Gasteiger partial charge in [0.1, 0.15) is 11.5 Å². The predicted molar refractivity (Wildman–Crippen MR) is 88.2 cm³/mol. The van der Waals surface area contributed by atoms with Gasteiger partial charge in [0, 0.05) is 12.0 Å². The summed E-state index contributed by atoms with van der Waals surface area (Å²) in [5.41, 5.74) is 1.05. The molecule has 0 unspecified atom stereocenters. The average Bonchev–Trinajstić information content (AvgIpc) is 2.55. The fourth-order valence-corrected chi connectivity index (χ4v) is 2.02. The molecule has 23 heavy (non-hydrogen) atoms. The molecule has 0 amide bonds. The summed E-state index contributed by atoms with van der Waals surface area (Å²) in [7, 11) is 0. The number of hydrogen-bond acceptors (Lipinski definition) is 4. The molecule has 0 bridgehead atoms. The summed E-state index contributed by atoms with van der Waals surface area (Å²) in [5, 5.41) is 0. The summed E-state index contributed by atoms with van der Waals surface area (Å²) in [4.78, 5) is 23.6. The fourth-order valence-electron chi connectivity index (χ4n) is 2.02. The normalized spacial score (nSPS) is 10.4. The molecular weight excluding hydrogens is 292 g/mol. The third-order valence-electron chi connectivity index (χ3n) is 3.17. The summed E-state index contributed by atoms with van der Waals surface area (Å²) in [6.45, 7) is 5.69. The van der Waals surface area contributed by atoms with Gasteiger partial charge in [0.15, 0.2) is 5.78 Å². The molecule has 2 aromatic rings. The first-order valence-corrected chi connectivity index (χ1v) is 7.61. The molecule has 4 nitrogen and oxygen atoms in total. The molecule has 2 aromatic carbocycles. The van der Waals surface area contributed by atoms with E-state index in [0.717, 1.165) is 0 Å². The Kier molecular flexibility index (Phi) is 5.52. The lowest BCUT2D eigenvalue weighted by Gasteiger charge is -2.10. The van der Waals surface area contributed by atoms with Gasteiger partial charge in [-0.3, -0.25) is 4.79 Å². The van der Waals surface area contributed by atoms with Gasteiger partial charge in [0.05, 0.1) is 11.7 Å². The fraction of sp³-hybridized carbons (Fsp3) is 0.263. The maximum Gasteiger partial charge on any atom is 0.343 e. The van der Waals surface area contributed by atoms with Gasteiger partial charge in [-0.15, -0.1) is 0 Å². The lowest BCUT2D eigenvalue weighted by Crippen LogP contribution is -2.09. The van der Waals surface area contributed by atoms with Crippen molar-refractivity contribution in [3.63, 3.8) is 0 Å². The molecule has 2 rings (SSSR count). The van der Waals surface area contributed by atoms with Gasteiger partial charge in [-0.1, -0.05) is 6.92 Å². The van der Waals surface area contributed by atoms with E-state index in [0.29, 0.717) is 29.0 Å². The SMILES string of the molecule is CCC(=O)c1ccc(OC(=O)c2ccc(OC(C)C)cc2)cc1. The van der Waals surface area contributed by atoms with E-state index >= 15 is 0 Å². The molecule has 4 heteroatoms. The Morgan fingerprint density at radius 3 is 1.91 bits per heavy atom. The van der Waals surface area contributed by atoms with Crippen molar-refractivity contribution in [1.29, 1.82) is 0 Å². The molecule has 0 heterocycles. The number of carbonyl (C=O) groups is 2. The molecule has 0 atom stereocenters. The van der Waals surface area contributed by atoms with E-state index in [-0.39, 0.29) is 11.9 Å². The van der Waals surface area contributed by atoms with Crippen LogP contribution in [0.5, 0.6) is 11.5 Å². The molecule has 0 aliphatic rings. The quantitative estimate of drug-likeness (QED) is 0.454. The third kappa shape index (κ3) is 4.68. The van der Waals surface area contributed by atoms with Crippen LogP contribution in [-0.4, -0.2) is 17.9 Å². The topological polar surface area (TPSA) is 52.6 Å². The smallest absolute Gasteiger partial charge is 0.343 e. The van der Waals surface area contributed by atoms with Gasteiger partial charge in [-0.25, -0.2) is 4.79 Å². The van der Waals surface area contributed by atoms with Gasteiger partial charge < -0.3 is 9.47 Å². The molecule has 0 spiro atoms. The zero-order valence-electron chi connectivity index (χ0n) is 13.5. The predicted octanol–water partition coefficient (Wildman–Crippen LogP) is 4.29. The van der Waals surface area contributed by atoms with Crippen LogP contribution in [-0.2, 0) is 0 Å². The second-order valence-corrected chi connectivity index (χ2v) is 5.38. The molecule has 0 saturated heterocycles. The average molecular weight is 312 g/mol. The van der Waals surface area contributed by atoms with E-state index in [4.69, 9.17) is 9.47 Å². The summed E-state index contributed by atoms with van der Waals surface area (Å²) < 4.78 is 10.8. The highest BCUT2D eigenvalue weighted by Crippen LogP contribution is 2.18. The van der Waals surface area contributed by atoms with Crippen LogP contribution in [0.4, 0.5) is 0 Å². The summed E-state index contributed by atoms with van der Waals surface area (Å²) >= 11 is 0. The molecule has 0 saturated carbocycles. The Morgan fingerprint density at radius 2 is 1.39 bits per heavy atom. The van der Waals surface area contributed by atoms with Crippen LogP contribution >= 0.6 is 0 Å². The molecule has 0 N–H and O–H groups in total. The van der Waals surface area contributed by atoms with Crippen molar-refractivity contribution in [2.45, 2.75) is 33.3 Å². The van der Waals surface area contributed by atoms with Crippen molar-refractivity contribution in [3.05, 3.63) is 59.7 Å². The monoisotopic (exact) mass is 312 g/mol. The summed E-state index contributed by atoms with van der Waals surface area (Å²) in [5.74, 6) is 0.725. The number of carbonyl (C=O) groups excluding carboxylic acids is 2. The number of benzene rings is 2. The van der Waals surface area contributed by atoms with Crippen LogP contribution in [0.3, 0.4) is 0 Å². The number of esters is 1. The van der Waals surface area contributed by atoms with E-state index in [2.05, 4.69) is 0 Å². The van der Waals surface area contributed by atoms with Crippen molar-refractivity contribution in [2.24, 2.45) is 0 Å². The lowest BCUT2D eigenvalue weighted by molar-refractivity contribution is 0.0734. The highest BCUT2D eigenvalue weighted by molar-refractivity contribution is 5.96. The second-order valence-electron chi connectivity index (χ2n) is 5.38. The minimum absolute atomic E-state index is 0.0589. The molecule has 0 aliphatic carbocycles. The van der Waals surface area contributed by atoms with E-state index in [9.17, 15) is 9.59 Å². The van der Waals surface area contributed by atoms with Gasteiger partial charge in [-0.2, -0.15) is 0 Å². The van der Waals surface area contributed by atoms with Crippen molar-refractivity contribution >= 4 is 11.8 Å². The van der Waals surface area contributed by atoms with Crippen molar-refractivity contribution in [2.75, 3.05) is 0 Å². The highest BCUT2D eigenvalue weighted by atomic mass is 16.5. The number of ether oxygens (including phenoxy) is 2. The minimum atomic E-state index is -0.448. The Balaban J connectivity index is 2.02. The van der Waals surface area contributed by atoms with Gasteiger partial charge >= 0.3 is 5.97 Å². The lowest BCUT2D eigenvalue weighted by atomic mass is 10.1. The van der Waals surface area contributed by atoms with Crippen LogP contribution in [0.2, 0.25) is 0 Å². The van der Waals surface area contributed by atoms with Crippen LogP contribution in [0.15, 0.2) is 48.5 Å². The van der Waals surface area contributed by atoms with E-state index in [1.165, 1.54) is 0 Å². The standard InChI is InChI=1S/C19H20O4/c1-4-18(20)14-5-9-17(10-6-14)23-19(21)15-7-11-16(12-8-15)22-13(2)3/h5-13H,4H2,1-3H3. The summed E-state index contributed by atoms with van der Waals surface area (Å²) in [6, 6.07) is 13.4. The van der Waals surface area contributed by atoms with E-state index in [1.807, 2.05) is 20.8 Å². The molecule has 0 aromatic heterocycles. The highest BCUT2D eigenvalue weighted by Gasteiger charge is 2.10. The minimum Gasteiger partial charge on any atom is -0.491 e. The van der Waals surface area contributed by atoms with Crippen molar-refractivity contribution in [3.8, 4) is 11.5 Å². The van der Waals surface area contributed by atoms with Crippen LogP contribution in [0.1, 0.15) is 47.9 Å². The molecule has 0 aliphatic heterocycles.